The molecular formula is C26H30N4O2. The number of likely N-dealkylation sites (N-methyl/N-ethyl adjacent to an activating group) is 1. The smallest absolute Gasteiger partial charge is 0.321 e. The van der Waals surface area contributed by atoms with Crippen LogP contribution in [0.15, 0.2) is 79.0 Å². The Balaban J connectivity index is 1.27. The number of hydrogen-bond acceptors (Lipinski definition) is 4. The molecule has 0 radical (unpaired) electrons. The van der Waals surface area contributed by atoms with Gasteiger partial charge in [0.15, 0.2) is 0 Å². The Labute approximate surface area is 189 Å². The number of amides is 2. The van der Waals surface area contributed by atoms with Crippen molar-refractivity contribution in [2.24, 2.45) is 0 Å². The largest absolute Gasteiger partial charge is 0.457 e. The molecule has 6 nitrogen and oxygen atoms in total. The quantitative estimate of drug-likeness (QED) is 0.570. The van der Waals surface area contributed by atoms with E-state index in [9.17, 15) is 4.79 Å². The number of anilines is 1. The molecule has 4 rings (SSSR count). The van der Waals surface area contributed by atoms with E-state index in [-0.39, 0.29) is 6.03 Å². The maximum absolute atomic E-state index is 12.8. The lowest BCUT2D eigenvalue weighted by Crippen LogP contribution is -2.50. The van der Waals surface area contributed by atoms with Crippen LogP contribution in [0.5, 0.6) is 11.5 Å². The van der Waals surface area contributed by atoms with E-state index in [4.69, 9.17) is 4.74 Å². The topological polar surface area (TPSA) is 57.7 Å². The summed E-state index contributed by atoms with van der Waals surface area (Å²) in [6.07, 6.45) is 4.86. The lowest BCUT2D eigenvalue weighted by atomic mass is 10.0. The van der Waals surface area contributed by atoms with Crippen molar-refractivity contribution in [2.45, 2.75) is 25.3 Å². The number of carbonyl (C=O) groups is 1. The third kappa shape index (κ3) is 6.08. The zero-order valence-corrected chi connectivity index (χ0v) is 18.5. The number of carbonyl (C=O) groups excluding carboxylic acids is 1. The first-order valence-electron chi connectivity index (χ1n) is 11.2. The Morgan fingerprint density at radius 1 is 1.06 bits per heavy atom. The van der Waals surface area contributed by atoms with Crippen LogP contribution in [0, 0.1) is 0 Å². The number of nitrogens with one attached hydrogen (secondary N) is 1. The molecule has 2 aromatic carbocycles. The average Bonchev–Trinajstić information content (AvgIpc) is 2.85. The van der Waals surface area contributed by atoms with Gasteiger partial charge < -0.3 is 19.9 Å². The van der Waals surface area contributed by atoms with Gasteiger partial charge in [0.05, 0.1) is 0 Å². The van der Waals surface area contributed by atoms with Crippen molar-refractivity contribution in [3.05, 3.63) is 84.7 Å². The predicted octanol–water partition coefficient (Wildman–Crippen LogP) is 5.04. The summed E-state index contributed by atoms with van der Waals surface area (Å²) in [5.74, 6) is 1.53. The number of piperidine rings is 1. The number of urea groups is 1. The van der Waals surface area contributed by atoms with Gasteiger partial charge >= 0.3 is 6.03 Å². The van der Waals surface area contributed by atoms with Gasteiger partial charge in [-0.25, -0.2) is 4.79 Å². The SMILES string of the molecule is CN(CCc1ccccn1)[C@@H]1CCCN(C(=O)Nc2ccc(Oc3ccccc3)cc2)C1. The molecule has 3 aromatic rings. The second kappa shape index (κ2) is 10.8. The number of likely N-dealkylation sites (tertiary alicyclic amines) is 1. The van der Waals surface area contributed by atoms with E-state index in [1.165, 1.54) is 0 Å². The third-order valence-corrected chi connectivity index (χ3v) is 5.84. The Kier molecular flexibility index (Phi) is 7.35. The number of rotatable bonds is 7. The third-order valence-electron chi connectivity index (χ3n) is 5.84. The highest BCUT2D eigenvalue weighted by molar-refractivity contribution is 5.89. The zero-order chi connectivity index (χ0) is 22.2. The molecular weight excluding hydrogens is 400 g/mol. The molecule has 2 heterocycles. The number of nitrogens with zero attached hydrogens (tertiary/aromatic N) is 3. The molecule has 1 aromatic heterocycles. The van der Waals surface area contributed by atoms with Gasteiger partial charge in [0.1, 0.15) is 11.5 Å². The van der Waals surface area contributed by atoms with Crippen molar-refractivity contribution in [3.8, 4) is 11.5 Å². The minimum atomic E-state index is -0.0513. The van der Waals surface area contributed by atoms with Crippen molar-refractivity contribution in [1.82, 2.24) is 14.8 Å². The number of para-hydroxylation sites is 1. The van der Waals surface area contributed by atoms with E-state index in [0.29, 0.717) is 6.04 Å². The summed E-state index contributed by atoms with van der Waals surface area (Å²) >= 11 is 0. The minimum absolute atomic E-state index is 0.0513. The highest BCUT2D eigenvalue weighted by Crippen LogP contribution is 2.23. The van der Waals surface area contributed by atoms with Crippen LogP contribution < -0.4 is 10.1 Å². The van der Waals surface area contributed by atoms with Gasteiger partial charge in [-0.2, -0.15) is 0 Å². The van der Waals surface area contributed by atoms with Crippen LogP contribution in [-0.4, -0.2) is 53.5 Å². The molecule has 1 fully saturated rings. The molecule has 166 valence electrons. The molecule has 0 saturated carbocycles. The molecule has 32 heavy (non-hydrogen) atoms. The predicted molar refractivity (Wildman–Crippen MR) is 127 cm³/mol. The van der Waals surface area contributed by atoms with E-state index in [0.717, 1.165) is 61.8 Å². The first-order chi connectivity index (χ1) is 15.7. The summed E-state index contributed by atoms with van der Waals surface area (Å²) in [5, 5.41) is 3.02. The van der Waals surface area contributed by atoms with Crippen molar-refractivity contribution in [2.75, 3.05) is 32.0 Å². The minimum Gasteiger partial charge on any atom is -0.457 e. The van der Waals surface area contributed by atoms with Gasteiger partial charge in [-0.3, -0.25) is 4.98 Å². The van der Waals surface area contributed by atoms with E-state index >= 15 is 0 Å². The molecule has 1 aliphatic heterocycles. The Morgan fingerprint density at radius 2 is 1.81 bits per heavy atom. The number of hydrogen-bond donors (Lipinski definition) is 1. The van der Waals surface area contributed by atoms with Crippen LogP contribution >= 0.6 is 0 Å². The van der Waals surface area contributed by atoms with Gasteiger partial charge in [0.2, 0.25) is 0 Å². The van der Waals surface area contributed by atoms with Gasteiger partial charge in [-0.05, 0) is 68.4 Å². The summed E-state index contributed by atoms with van der Waals surface area (Å²) in [5.41, 5.74) is 1.87. The summed E-state index contributed by atoms with van der Waals surface area (Å²) in [7, 11) is 2.14. The molecule has 6 heteroatoms. The molecule has 0 aliphatic carbocycles. The molecule has 1 saturated heterocycles. The Morgan fingerprint density at radius 3 is 2.56 bits per heavy atom. The lowest BCUT2D eigenvalue weighted by Gasteiger charge is -2.37. The maximum atomic E-state index is 12.8. The molecule has 1 N–H and O–H groups in total. The van der Waals surface area contributed by atoms with Crippen molar-refractivity contribution in [3.63, 3.8) is 0 Å². The molecule has 1 atom stereocenters. The highest BCUT2D eigenvalue weighted by Gasteiger charge is 2.26. The van der Waals surface area contributed by atoms with Gasteiger partial charge in [0.25, 0.3) is 0 Å². The number of ether oxygens (including phenoxy) is 1. The monoisotopic (exact) mass is 430 g/mol. The van der Waals surface area contributed by atoms with Crippen molar-refractivity contribution < 1.29 is 9.53 Å². The van der Waals surface area contributed by atoms with Gasteiger partial charge in [0, 0.05) is 49.7 Å². The van der Waals surface area contributed by atoms with E-state index in [1.54, 1.807) is 0 Å². The number of aromatic nitrogens is 1. The normalized spacial score (nSPS) is 16.1. The second-order valence-electron chi connectivity index (χ2n) is 8.16. The molecule has 2 amide bonds. The fourth-order valence-corrected chi connectivity index (χ4v) is 3.95. The highest BCUT2D eigenvalue weighted by atomic mass is 16.5. The van der Waals surface area contributed by atoms with Gasteiger partial charge in [-0.1, -0.05) is 24.3 Å². The van der Waals surface area contributed by atoms with Crippen LogP contribution in [0.4, 0.5) is 10.5 Å². The average molecular weight is 431 g/mol. The number of benzene rings is 2. The van der Waals surface area contributed by atoms with Crippen molar-refractivity contribution in [1.29, 1.82) is 0 Å². The zero-order valence-electron chi connectivity index (χ0n) is 18.5. The van der Waals surface area contributed by atoms with Crippen LogP contribution in [0.3, 0.4) is 0 Å². The standard InChI is InChI=1S/C26H30N4O2/c1-29(19-16-21-8-5-6-17-27-21)23-9-7-18-30(20-23)26(31)28-22-12-14-25(15-13-22)32-24-10-3-2-4-11-24/h2-6,8,10-15,17,23H,7,9,16,18-20H2,1H3,(H,28,31)/t23-/m1/s1. The van der Waals surface area contributed by atoms with Crippen LogP contribution in [0.1, 0.15) is 18.5 Å². The summed E-state index contributed by atoms with van der Waals surface area (Å²) < 4.78 is 5.82. The van der Waals surface area contributed by atoms with Crippen LogP contribution in [0.25, 0.3) is 0 Å². The van der Waals surface area contributed by atoms with E-state index < -0.39 is 0 Å². The molecule has 0 bridgehead atoms. The first-order valence-corrected chi connectivity index (χ1v) is 11.2. The van der Waals surface area contributed by atoms with Crippen LogP contribution in [-0.2, 0) is 6.42 Å². The molecule has 0 spiro atoms. The van der Waals surface area contributed by atoms with E-state index in [2.05, 4.69) is 28.3 Å². The Bertz CT molecular complexity index is 980. The fraction of sp³-hybridized carbons (Fsp3) is 0.308. The van der Waals surface area contributed by atoms with Gasteiger partial charge in [-0.15, -0.1) is 0 Å². The van der Waals surface area contributed by atoms with E-state index in [1.807, 2.05) is 77.8 Å². The first kappa shape index (κ1) is 21.8. The molecule has 1 aliphatic rings. The van der Waals surface area contributed by atoms with Crippen molar-refractivity contribution >= 4 is 11.7 Å². The fourth-order valence-electron chi connectivity index (χ4n) is 3.95. The lowest BCUT2D eigenvalue weighted by molar-refractivity contribution is 0.133. The Hall–Kier alpha value is -3.38. The number of pyridine rings is 1. The second-order valence-corrected chi connectivity index (χ2v) is 8.16. The summed E-state index contributed by atoms with van der Waals surface area (Å²) in [4.78, 5) is 21.5. The van der Waals surface area contributed by atoms with Crippen LogP contribution in [0.2, 0.25) is 0 Å². The summed E-state index contributed by atoms with van der Waals surface area (Å²) in [6, 6.07) is 23.5. The maximum Gasteiger partial charge on any atom is 0.321 e. The molecule has 0 unspecified atom stereocenters. The summed E-state index contributed by atoms with van der Waals surface area (Å²) in [6.45, 7) is 2.45.